The lowest BCUT2D eigenvalue weighted by molar-refractivity contribution is -0.115. The van der Waals surface area contributed by atoms with E-state index >= 15 is 0 Å². The first-order chi connectivity index (χ1) is 35.7. The molecule has 2 heterocycles. The van der Waals surface area contributed by atoms with Crippen LogP contribution in [0.2, 0.25) is 36.3 Å². The number of nitrogens with zero attached hydrogens (tertiary/aromatic N) is 3. The quantitative estimate of drug-likeness (QED) is 0.0256. The van der Waals surface area contributed by atoms with Gasteiger partial charge in [0.1, 0.15) is 34.8 Å². The van der Waals surface area contributed by atoms with Crippen LogP contribution in [0.5, 0.6) is 11.5 Å². The number of hydrogen-bond donors (Lipinski definition) is 3. The second-order valence-corrected chi connectivity index (χ2v) is 32.1. The summed E-state index contributed by atoms with van der Waals surface area (Å²) in [6.45, 7) is 26.0. The van der Waals surface area contributed by atoms with Gasteiger partial charge in [-0.05, 0) is 126 Å². The summed E-state index contributed by atoms with van der Waals surface area (Å²) in [5, 5.41) is 26.5. The van der Waals surface area contributed by atoms with Crippen molar-refractivity contribution in [1.29, 1.82) is 0 Å². The van der Waals surface area contributed by atoms with Crippen LogP contribution in [0.4, 0.5) is 0 Å². The van der Waals surface area contributed by atoms with Crippen LogP contribution >= 0.6 is 0 Å². The molecule has 0 fully saturated rings. The lowest BCUT2D eigenvalue weighted by Crippen LogP contribution is -2.46. The maximum Gasteiger partial charge on any atom is 0.342 e. The maximum absolute atomic E-state index is 14.0. The smallest absolute Gasteiger partial charge is 0.342 e. The van der Waals surface area contributed by atoms with Crippen LogP contribution in [0.1, 0.15) is 131 Å². The van der Waals surface area contributed by atoms with Crippen LogP contribution in [0.3, 0.4) is 0 Å². The van der Waals surface area contributed by atoms with Crippen molar-refractivity contribution < 1.29 is 47.7 Å². The van der Waals surface area contributed by atoms with Gasteiger partial charge in [-0.15, -0.1) is 0 Å². The largest absolute Gasteiger partial charge is 0.543 e. The van der Waals surface area contributed by atoms with E-state index in [-0.39, 0.29) is 58.6 Å². The number of allylic oxidation sites excluding steroid dienone is 4. The standard InChI is InChI=1S/C32H51N3O5Si2.C28H29NO5/c1-23-16-12-13-17-24-18-14-20-26(39-41(8,9)31(2,3)4)29(24)30(37)38-25(19-15-21-28(36)34-35-33)22-27(23)40-42(10,11)32(5,6)7;1-20-9-5-6-12-22-13-7-15-24(30)27(22)28(33)34-23(19-25(20)31)14-8-18-29-26(32)17-16-21-10-3-2-4-11-21/h12-15,18,20-21,23,25,27H,16-17,19,22H2,1-11H3;2-8,10-11,13,15,18,20,23,25,30-31H,9,12,14,19H2,1H3,(H,29,32)/b13-12+,21-15+;6-5+,18-8+/t23-,25?,27+;20-,23?,25+/m00/s1. The van der Waals surface area contributed by atoms with Crippen molar-refractivity contribution in [2.75, 3.05) is 0 Å². The topological polar surface area (TPSA) is 206 Å². The number of nitrogens with one attached hydrogen (secondary N) is 1. The number of rotatable bonds is 10. The fourth-order valence-corrected chi connectivity index (χ4v) is 10.3. The van der Waals surface area contributed by atoms with E-state index in [2.05, 4.69) is 114 Å². The van der Waals surface area contributed by atoms with Gasteiger partial charge in [-0.2, -0.15) is 0 Å². The molecule has 5 rings (SSSR count). The van der Waals surface area contributed by atoms with Crippen molar-refractivity contribution in [2.45, 2.75) is 167 Å². The SMILES string of the molecule is C[C@H]1C/C=C/Cc2cccc(O)c2C(=O)OC(C/C=C/NC(=O)C#Cc2ccccc2)C[C@H]1O.C[C@H]1C/C=C/Cc2cccc(O[Si](C)(C)C(C)(C)C)c2C(=O)OC(C/C=C/C(=O)N=[N+]=[N-])C[C@H]1O[Si](C)(C)C(C)(C)C. The predicted octanol–water partition coefficient (Wildman–Crippen LogP) is 13.2. The lowest BCUT2D eigenvalue weighted by atomic mass is 9.93. The minimum absolute atomic E-state index is 0.00890. The third kappa shape index (κ3) is 19.3. The molecule has 76 heavy (non-hydrogen) atoms. The first kappa shape index (κ1) is 62.1. The number of fused-ring (bicyclic) bond motifs is 2. The molecule has 0 spiro atoms. The Kier molecular flexibility index (Phi) is 23.4. The van der Waals surface area contributed by atoms with Crippen molar-refractivity contribution in [2.24, 2.45) is 17.0 Å². The van der Waals surface area contributed by atoms with E-state index in [1.807, 2.05) is 67.6 Å². The Morgan fingerprint density at radius 2 is 1.34 bits per heavy atom. The number of cyclic esters (lactones) is 2. The van der Waals surface area contributed by atoms with Crippen molar-refractivity contribution in [1.82, 2.24) is 5.32 Å². The molecule has 0 radical (unpaired) electrons. The summed E-state index contributed by atoms with van der Waals surface area (Å²) in [6, 6.07) is 19.8. The average molecular weight is 1070 g/mol. The normalized spacial score (nSPS) is 21.8. The summed E-state index contributed by atoms with van der Waals surface area (Å²) in [5.74, 6) is 3.61. The van der Waals surface area contributed by atoms with Gasteiger partial charge in [-0.1, -0.05) is 140 Å². The lowest BCUT2D eigenvalue weighted by Gasteiger charge is -2.41. The van der Waals surface area contributed by atoms with Crippen LogP contribution in [-0.4, -0.2) is 75.0 Å². The zero-order valence-electron chi connectivity index (χ0n) is 46.6. The third-order valence-electron chi connectivity index (χ3n) is 14.6. The summed E-state index contributed by atoms with van der Waals surface area (Å²) in [6.07, 6.45) is 15.9. The molecule has 408 valence electrons. The van der Waals surface area contributed by atoms with E-state index in [1.165, 1.54) is 18.3 Å². The van der Waals surface area contributed by atoms with E-state index in [9.17, 15) is 29.4 Å². The molecule has 2 aliphatic heterocycles. The monoisotopic (exact) mass is 1070 g/mol. The Bertz CT molecular complexity index is 2700. The Hall–Kier alpha value is -6.48. The van der Waals surface area contributed by atoms with Crippen LogP contribution in [0, 0.1) is 23.7 Å². The summed E-state index contributed by atoms with van der Waals surface area (Å²) in [4.78, 5) is 53.3. The first-order valence-electron chi connectivity index (χ1n) is 26.2. The molecule has 3 N–H and O–H groups in total. The van der Waals surface area contributed by atoms with Gasteiger partial charge in [0.15, 0.2) is 8.32 Å². The number of ether oxygens (including phenoxy) is 2. The number of hydrogen-bond acceptors (Lipinski definition) is 10. The molecule has 2 amide bonds. The summed E-state index contributed by atoms with van der Waals surface area (Å²) >= 11 is 0. The molecule has 6 atom stereocenters. The molecule has 0 aromatic heterocycles. The molecule has 2 aliphatic rings. The first-order valence-corrected chi connectivity index (χ1v) is 32.0. The number of phenolic OH excluding ortho intramolecular Hbond substituents is 1. The Balaban J connectivity index is 0.000000335. The number of amides is 2. The fourth-order valence-electron chi connectivity index (χ4n) is 7.79. The number of carbonyl (C=O) groups excluding carboxylic acids is 4. The van der Waals surface area contributed by atoms with Gasteiger partial charge in [-0.3, -0.25) is 9.59 Å². The van der Waals surface area contributed by atoms with Crippen molar-refractivity contribution in [3.8, 4) is 23.3 Å². The van der Waals surface area contributed by atoms with E-state index in [0.29, 0.717) is 42.6 Å². The summed E-state index contributed by atoms with van der Waals surface area (Å²) in [5.41, 5.74) is 11.4. The minimum Gasteiger partial charge on any atom is -0.543 e. The maximum atomic E-state index is 14.0. The second-order valence-electron chi connectivity index (χ2n) is 22.6. The van der Waals surface area contributed by atoms with Crippen LogP contribution in [0.25, 0.3) is 10.4 Å². The van der Waals surface area contributed by atoms with Gasteiger partial charge in [0.2, 0.25) is 5.91 Å². The molecule has 16 heteroatoms. The van der Waals surface area contributed by atoms with E-state index in [1.54, 1.807) is 24.3 Å². The highest BCUT2D eigenvalue weighted by atomic mass is 28.4. The molecular weight excluding hydrogens is 993 g/mol. The highest BCUT2D eigenvalue weighted by Gasteiger charge is 2.42. The Labute approximate surface area is 452 Å². The molecule has 3 aromatic rings. The molecular formula is C60H80N4O10Si2. The molecule has 2 unspecified atom stereocenters. The average Bonchev–Trinajstić information content (AvgIpc) is 3.33. The summed E-state index contributed by atoms with van der Waals surface area (Å²) in [7, 11) is -4.41. The van der Waals surface area contributed by atoms with E-state index < -0.39 is 58.7 Å². The van der Waals surface area contributed by atoms with E-state index in [0.717, 1.165) is 17.5 Å². The fraction of sp³-hybridized carbons (Fsp3) is 0.467. The number of aliphatic hydroxyl groups excluding tert-OH is 1. The van der Waals surface area contributed by atoms with Gasteiger partial charge in [-0.25, -0.2) is 9.59 Å². The van der Waals surface area contributed by atoms with Gasteiger partial charge >= 0.3 is 11.9 Å². The molecule has 3 aromatic carbocycles. The zero-order valence-corrected chi connectivity index (χ0v) is 48.6. The Morgan fingerprint density at radius 3 is 1.96 bits per heavy atom. The number of esters is 2. The van der Waals surface area contributed by atoms with Crippen LogP contribution < -0.4 is 9.74 Å². The third-order valence-corrected chi connectivity index (χ3v) is 23.4. The number of aromatic hydroxyl groups is 1. The summed E-state index contributed by atoms with van der Waals surface area (Å²) < 4.78 is 25.5. The number of carbonyl (C=O) groups is 4. The van der Waals surface area contributed by atoms with Gasteiger partial charge in [0.05, 0.1) is 12.2 Å². The second kappa shape index (κ2) is 28.6. The predicted molar refractivity (Wildman–Crippen MR) is 304 cm³/mol. The van der Waals surface area contributed by atoms with Gasteiger partial charge in [0.25, 0.3) is 14.2 Å². The number of azide groups is 1. The van der Waals surface area contributed by atoms with Crippen molar-refractivity contribution >= 4 is 40.4 Å². The van der Waals surface area contributed by atoms with E-state index in [4.69, 9.17) is 23.9 Å². The Morgan fingerprint density at radius 1 is 0.776 bits per heavy atom. The van der Waals surface area contributed by atoms with Crippen molar-refractivity contribution in [3.63, 3.8) is 0 Å². The molecule has 0 saturated heterocycles. The molecule has 14 nitrogen and oxygen atoms in total. The number of aliphatic hydroxyl groups is 1. The zero-order chi connectivity index (χ0) is 56.3. The number of phenols is 1. The molecule has 0 saturated carbocycles. The number of benzene rings is 3. The van der Waals surface area contributed by atoms with Crippen molar-refractivity contribution in [3.05, 3.63) is 154 Å². The highest BCUT2D eigenvalue weighted by molar-refractivity contribution is 6.75. The molecule has 0 bridgehead atoms. The minimum atomic E-state index is -2.26. The van der Waals surface area contributed by atoms with Gasteiger partial charge in [0, 0.05) is 48.3 Å². The van der Waals surface area contributed by atoms with Gasteiger partial charge < -0.3 is 33.9 Å². The van der Waals surface area contributed by atoms with Crippen LogP contribution in [-0.2, 0) is 36.3 Å². The molecule has 0 aliphatic carbocycles. The van der Waals surface area contributed by atoms with Crippen LogP contribution in [0.15, 0.2) is 121 Å². The highest BCUT2D eigenvalue weighted by Crippen LogP contribution is 2.41.